The summed E-state index contributed by atoms with van der Waals surface area (Å²) in [7, 11) is 0. The first-order valence-corrected chi connectivity index (χ1v) is 5.86. The van der Waals surface area contributed by atoms with Crippen molar-refractivity contribution in [3.63, 3.8) is 0 Å². The van der Waals surface area contributed by atoms with E-state index in [1.54, 1.807) is 30.0 Å². The van der Waals surface area contributed by atoms with Crippen LogP contribution in [-0.4, -0.2) is 10.1 Å². The van der Waals surface area contributed by atoms with E-state index in [9.17, 15) is 5.11 Å². The number of phenols is 1. The van der Waals surface area contributed by atoms with E-state index in [0.717, 1.165) is 10.6 Å². The number of thioether (sulfide) groups is 1. The summed E-state index contributed by atoms with van der Waals surface area (Å²) in [6, 6.07) is 12.8. The highest BCUT2D eigenvalue weighted by molar-refractivity contribution is 7.98. The van der Waals surface area contributed by atoms with Crippen molar-refractivity contribution >= 4 is 17.6 Å². The molecule has 1 heterocycles. The summed E-state index contributed by atoms with van der Waals surface area (Å²) in [5.74, 6) is 1.52. The van der Waals surface area contributed by atoms with Crippen molar-refractivity contribution in [3.05, 3.63) is 48.2 Å². The lowest BCUT2D eigenvalue weighted by molar-refractivity contribution is 0.462. The number of hydrogen-bond acceptors (Lipinski definition) is 4. The van der Waals surface area contributed by atoms with Crippen LogP contribution in [-0.2, 0) is 5.75 Å². The largest absolute Gasteiger partial charge is 0.507 e. The molecule has 16 heavy (non-hydrogen) atoms. The smallest absolute Gasteiger partial charge is 0.129 e. The SMILES string of the molecule is Nc1cccc(CSc2ccccc2O)n1. The van der Waals surface area contributed by atoms with Gasteiger partial charge in [0.15, 0.2) is 0 Å². The molecule has 0 aliphatic rings. The van der Waals surface area contributed by atoms with Crippen molar-refractivity contribution in [1.29, 1.82) is 0 Å². The highest BCUT2D eigenvalue weighted by Gasteiger charge is 2.01. The monoisotopic (exact) mass is 232 g/mol. The third kappa shape index (κ3) is 2.67. The predicted molar refractivity (Wildman–Crippen MR) is 66.3 cm³/mol. The van der Waals surface area contributed by atoms with Crippen LogP contribution < -0.4 is 5.73 Å². The summed E-state index contributed by atoms with van der Waals surface area (Å²) in [4.78, 5) is 5.05. The Hall–Kier alpha value is -1.68. The van der Waals surface area contributed by atoms with E-state index in [1.165, 1.54) is 0 Å². The highest BCUT2D eigenvalue weighted by atomic mass is 32.2. The summed E-state index contributed by atoms with van der Waals surface area (Å²) in [6.45, 7) is 0. The highest BCUT2D eigenvalue weighted by Crippen LogP contribution is 2.29. The molecular formula is C12H12N2OS. The molecule has 1 aromatic carbocycles. The van der Waals surface area contributed by atoms with Gasteiger partial charge in [-0.25, -0.2) is 4.98 Å². The topological polar surface area (TPSA) is 59.1 Å². The minimum Gasteiger partial charge on any atom is -0.507 e. The Kier molecular flexibility index (Phi) is 3.31. The molecular weight excluding hydrogens is 220 g/mol. The van der Waals surface area contributed by atoms with Crippen LogP contribution >= 0.6 is 11.8 Å². The fraction of sp³-hybridized carbons (Fsp3) is 0.0833. The maximum atomic E-state index is 9.58. The number of phenolic OH excluding ortho intramolecular Hbond substituents is 1. The third-order valence-corrected chi connectivity index (χ3v) is 3.17. The van der Waals surface area contributed by atoms with Gasteiger partial charge in [0, 0.05) is 10.6 Å². The first-order valence-electron chi connectivity index (χ1n) is 4.88. The van der Waals surface area contributed by atoms with E-state index in [1.807, 2.05) is 24.3 Å². The van der Waals surface area contributed by atoms with E-state index in [2.05, 4.69) is 4.98 Å². The van der Waals surface area contributed by atoms with Crippen LogP contribution in [0.5, 0.6) is 5.75 Å². The molecule has 0 saturated heterocycles. The predicted octanol–water partition coefficient (Wildman–Crippen LogP) is 2.66. The number of aromatic nitrogens is 1. The molecule has 3 N–H and O–H groups in total. The minimum absolute atomic E-state index is 0.302. The second kappa shape index (κ2) is 4.90. The van der Waals surface area contributed by atoms with Crippen LogP contribution in [0.2, 0.25) is 0 Å². The molecule has 0 radical (unpaired) electrons. The molecule has 0 spiro atoms. The summed E-state index contributed by atoms with van der Waals surface area (Å²) in [5.41, 5.74) is 6.50. The van der Waals surface area contributed by atoms with Gasteiger partial charge in [-0.1, -0.05) is 18.2 Å². The fourth-order valence-electron chi connectivity index (χ4n) is 1.31. The van der Waals surface area contributed by atoms with Crippen molar-refractivity contribution in [2.45, 2.75) is 10.6 Å². The number of nitrogen functional groups attached to an aromatic ring is 1. The van der Waals surface area contributed by atoms with Crippen molar-refractivity contribution in [2.75, 3.05) is 5.73 Å². The number of anilines is 1. The van der Waals surface area contributed by atoms with Gasteiger partial charge < -0.3 is 10.8 Å². The molecule has 0 bridgehead atoms. The van der Waals surface area contributed by atoms with Gasteiger partial charge in [-0.2, -0.15) is 0 Å². The quantitative estimate of drug-likeness (QED) is 0.799. The molecule has 0 amide bonds. The van der Waals surface area contributed by atoms with E-state index >= 15 is 0 Å². The normalized spacial score (nSPS) is 10.2. The molecule has 0 fully saturated rings. The van der Waals surface area contributed by atoms with Gasteiger partial charge in [0.2, 0.25) is 0 Å². The number of nitrogens with zero attached hydrogens (tertiary/aromatic N) is 1. The number of hydrogen-bond donors (Lipinski definition) is 2. The van der Waals surface area contributed by atoms with Crippen LogP contribution in [0.4, 0.5) is 5.82 Å². The van der Waals surface area contributed by atoms with E-state index in [0.29, 0.717) is 17.3 Å². The lowest BCUT2D eigenvalue weighted by Crippen LogP contribution is -1.93. The molecule has 82 valence electrons. The lowest BCUT2D eigenvalue weighted by atomic mass is 10.3. The van der Waals surface area contributed by atoms with Crippen molar-refractivity contribution < 1.29 is 5.11 Å². The van der Waals surface area contributed by atoms with Gasteiger partial charge in [-0.05, 0) is 24.3 Å². The lowest BCUT2D eigenvalue weighted by Gasteiger charge is -2.03. The molecule has 2 rings (SSSR count). The Labute approximate surface area is 98.3 Å². The summed E-state index contributed by atoms with van der Waals surface area (Å²) in [5, 5.41) is 9.58. The molecule has 3 nitrogen and oxygen atoms in total. The fourth-order valence-corrected chi connectivity index (χ4v) is 2.16. The zero-order valence-corrected chi connectivity index (χ0v) is 9.45. The Morgan fingerprint density at radius 2 is 1.94 bits per heavy atom. The molecule has 0 saturated carbocycles. The van der Waals surface area contributed by atoms with E-state index in [-0.39, 0.29) is 0 Å². The van der Waals surface area contributed by atoms with Gasteiger partial charge in [-0.15, -0.1) is 11.8 Å². The Bertz CT molecular complexity index is 488. The van der Waals surface area contributed by atoms with Crippen molar-refractivity contribution in [3.8, 4) is 5.75 Å². The Morgan fingerprint density at radius 3 is 2.69 bits per heavy atom. The van der Waals surface area contributed by atoms with Crippen LogP contribution in [0.1, 0.15) is 5.69 Å². The zero-order valence-electron chi connectivity index (χ0n) is 8.63. The number of pyridine rings is 1. The average molecular weight is 232 g/mol. The molecule has 0 aliphatic carbocycles. The zero-order chi connectivity index (χ0) is 11.4. The molecule has 0 atom stereocenters. The first kappa shape index (κ1) is 10.8. The van der Waals surface area contributed by atoms with Crippen LogP contribution in [0, 0.1) is 0 Å². The average Bonchev–Trinajstić information content (AvgIpc) is 2.28. The van der Waals surface area contributed by atoms with Gasteiger partial charge in [0.25, 0.3) is 0 Å². The van der Waals surface area contributed by atoms with Gasteiger partial charge in [-0.3, -0.25) is 0 Å². The van der Waals surface area contributed by atoms with Crippen LogP contribution in [0.15, 0.2) is 47.4 Å². The molecule has 0 aliphatic heterocycles. The number of para-hydroxylation sites is 1. The first-order chi connectivity index (χ1) is 7.75. The Balaban J connectivity index is 2.05. The van der Waals surface area contributed by atoms with Crippen molar-refractivity contribution in [1.82, 2.24) is 4.98 Å². The number of nitrogens with two attached hydrogens (primary N) is 1. The van der Waals surface area contributed by atoms with Crippen LogP contribution in [0.3, 0.4) is 0 Å². The van der Waals surface area contributed by atoms with Gasteiger partial charge in [0.1, 0.15) is 11.6 Å². The maximum absolute atomic E-state index is 9.58. The third-order valence-electron chi connectivity index (χ3n) is 2.07. The second-order valence-electron chi connectivity index (χ2n) is 3.31. The van der Waals surface area contributed by atoms with Gasteiger partial charge in [0.05, 0.1) is 5.69 Å². The van der Waals surface area contributed by atoms with Crippen molar-refractivity contribution in [2.24, 2.45) is 0 Å². The number of rotatable bonds is 3. The standard InChI is InChI=1S/C12H12N2OS/c13-12-7-3-4-9(14-12)8-16-11-6-2-1-5-10(11)15/h1-7,15H,8H2,(H2,13,14). The molecule has 2 aromatic rings. The summed E-state index contributed by atoms with van der Waals surface area (Å²) >= 11 is 1.54. The number of aromatic hydroxyl groups is 1. The van der Waals surface area contributed by atoms with E-state index < -0.39 is 0 Å². The van der Waals surface area contributed by atoms with Crippen LogP contribution in [0.25, 0.3) is 0 Å². The molecule has 4 heteroatoms. The molecule has 0 unspecified atom stereocenters. The van der Waals surface area contributed by atoms with Gasteiger partial charge >= 0.3 is 0 Å². The maximum Gasteiger partial charge on any atom is 0.129 e. The second-order valence-corrected chi connectivity index (χ2v) is 4.33. The summed E-state index contributed by atoms with van der Waals surface area (Å²) in [6.07, 6.45) is 0. The summed E-state index contributed by atoms with van der Waals surface area (Å²) < 4.78 is 0. The number of benzene rings is 1. The minimum atomic E-state index is 0.302. The van der Waals surface area contributed by atoms with E-state index in [4.69, 9.17) is 5.73 Å². The molecule has 1 aromatic heterocycles. The Morgan fingerprint density at radius 1 is 1.12 bits per heavy atom.